The summed E-state index contributed by atoms with van der Waals surface area (Å²) in [6.45, 7) is 0. The van der Waals surface area contributed by atoms with Crippen molar-refractivity contribution in [2.24, 2.45) is 4.99 Å². The molecule has 0 fully saturated rings. The Morgan fingerprint density at radius 2 is 1.28 bits per heavy atom. The molecule has 0 amide bonds. The van der Waals surface area contributed by atoms with Crippen LogP contribution >= 0.6 is 0 Å². The molecule has 0 spiro atoms. The molecule has 1 N–H and O–H groups in total. The lowest BCUT2D eigenvalue weighted by Crippen LogP contribution is -2.27. The van der Waals surface area contributed by atoms with Crippen molar-refractivity contribution in [3.63, 3.8) is 0 Å². The van der Waals surface area contributed by atoms with Gasteiger partial charge in [0.25, 0.3) is 0 Å². The fraction of sp³-hybridized carbons (Fsp3) is 0.0263. The maximum atomic E-state index is 6.86. The van der Waals surface area contributed by atoms with Gasteiger partial charge >= 0.3 is 0 Å². The normalized spacial score (nSPS) is 15.6. The highest BCUT2D eigenvalue weighted by Crippen LogP contribution is 2.52. The van der Waals surface area contributed by atoms with Gasteiger partial charge in [-0.3, -0.25) is 9.56 Å². The van der Waals surface area contributed by atoms with E-state index in [0.29, 0.717) is 17.2 Å². The molecule has 2 aliphatic heterocycles. The second-order valence-electron chi connectivity index (χ2n) is 10.8. The van der Waals surface area contributed by atoms with Gasteiger partial charge in [-0.1, -0.05) is 109 Å². The molecule has 204 valence electrons. The topological polar surface area (TPSA) is 47.8 Å². The number of aliphatic imine (C=N–C) groups is 1. The summed E-state index contributed by atoms with van der Waals surface area (Å²) in [5.74, 6) is 3.74. The van der Waals surface area contributed by atoms with Gasteiger partial charge in [0.15, 0.2) is 23.0 Å². The number of para-hydroxylation sites is 1. The lowest BCUT2D eigenvalue weighted by Gasteiger charge is -2.27. The van der Waals surface area contributed by atoms with Crippen LogP contribution < -0.4 is 14.8 Å². The van der Waals surface area contributed by atoms with Crippen LogP contribution in [0.25, 0.3) is 38.4 Å². The maximum Gasteiger partial charge on any atom is 0.194 e. The van der Waals surface area contributed by atoms with Gasteiger partial charge in [-0.15, -0.1) is 0 Å². The molecule has 1 atom stereocenters. The first-order valence-electron chi connectivity index (χ1n) is 14.4. The van der Waals surface area contributed by atoms with Crippen LogP contribution in [0.2, 0.25) is 0 Å². The molecule has 5 heteroatoms. The van der Waals surface area contributed by atoms with E-state index in [1.165, 1.54) is 0 Å². The van der Waals surface area contributed by atoms with E-state index in [-0.39, 0.29) is 6.17 Å². The number of aromatic nitrogens is 1. The monoisotopic (exact) mass is 555 g/mol. The average molecular weight is 556 g/mol. The van der Waals surface area contributed by atoms with Gasteiger partial charge in [0.2, 0.25) is 0 Å². The summed E-state index contributed by atoms with van der Waals surface area (Å²) in [7, 11) is 0. The molecule has 43 heavy (non-hydrogen) atoms. The van der Waals surface area contributed by atoms with Crippen molar-refractivity contribution in [2.45, 2.75) is 6.17 Å². The third-order valence-electron chi connectivity index (χ3n) is 8.27. The Balaban J connectivity index is 1.30. The lowest BCUT2D eigenvalue weighted by molar-refractivity contribution is 0.366. The smallest absolute Gasteiger partial charge is 0.194 e. The van der Waals surface area contributed by atoms with E-state index in [2.05, 4.69) is 113 Å². The van der Waals surface area contributed by atoms with E-state index in [9.17, 15) is 0 Å². The summed E-state index contributed by atoms with van der Waals surface area (Å²) < 4.78 is 15.6. The number of hydrogen-bond donors (Lipinski definition) is 1. The van der Waals surface area contributed by atoms with Gasteiger partial charge in [0.05, 0.1) is 11.2 Å². The second kappa shape index (κ2) is 9.36. The van der Waals surface area contributed by atoms with Gasteiger partial charge in [0, 0.05) is 22.2 Å². The molecular weight excluding hydrogens is 530 g/mol. The first kappa shape index (κ1) is 23.9. The number of benzene rings is 6. The molecule has 1 unspecified atom stereocenters. The molecule has 6 aromatic carbocycles. The highest BCUT2D eigenvalue weighted by Gasteiger charge is 2.29. The molecular formula is C38H25N3O2. The van der Waals surface area contributed by atoms with E-state index in [1.807, 2.05) is 36.4 Å². The zero-order valence-electron chi connectivity index (χ0n) is 23.1. The number of allylic oxidation sites excluding steroid dienone is 1. The predicted octanol–water partition coefficient (Wildman–Crippen LogP) is 9.44. The van der Waals surface area contributed by atoms with Crippen LogP contribution in [-0.4, -0.2) is 10.3 Å². The molecule has 7 aromatic rings. The Morgan fingerprint density at radius 3 is 2.14 bits per heavy atom. The number of nitrogens with one attached hydrogen (secondary N) is 1. The molecule has 0 aliphatic carbocycles. The van der Waals surface area contributed by atoms with Crippen LogP contribution in [0.1, 0.15) is 17.3 Å². The summed E-state index contributed by atoms with van der Waals surface area (Å²) >= 11 is 0. The maximum absolute atomic E-state index is 6.86. The fourth-order valence-electron chi connectivity index (χ4n) is 6.28. The van der Waals surface area contributed by atoms with Crippen molar-refractivity contribution < 1.29 is 9.47 Å². The molecule has 0 bridgehead atoms. The predicted molar refractivity (Wildman–Crippen MR) is 173 cm³/mol. The molecule has 3 heterocycles. The molecule has 0 saturated heterocycles. The van der Waals surface area contributed by atoms with Gasteiger partial charge in [-0.05, 0) is 40.8 Å². The van der Waals surface area contributed by atoms with E-state index in [4.69, 9.17) is 14.5 Å². The van der Waals surface area contributed by atoms with Crippen LogP contribution in [0.15, 0.2) is 145 Å². The zero-order valence-corrected chi connectivity index (χ0v) is 23.1. The standard InChI is InChI=1S/C38H25N3O2/c1-3-12-25(13-4-1)30-23-34(40-38(39-30)26-14-5-2-6-15-26)41-31-18-10-9-17-28(31)29-20-22-33-37(35(29)41)43-36-27-16-8-7-11-24(27)19-21-32(36)42-33/h1-23,38,40H. The number of hydrogen-bond acceptors (Lipinski definition) is 4. The van der Waals surface area contributed by atoms with Crippen LogP contribution in [-0.2, 0) is 0 Å². The van der Waals surface area contributed by atoms with Gasteiger partial charge in [-0.2, -0.15) is 0 Å². The minimum absolute atomic E-state index is 0.269. The van der Waals surface area contributed by atoms with E-state index >= 15 is 0 Å². The number of nitrogens with zero attached hydrogens (tertiary/aromatic N) is 2. The summed E-state index contributed by atoms with van der Waals surface area (Å²) in [5.41, 5.74) is 5.07. The van der Waals surface area contributed by atoms with E-state index < -0.39 is 0 Å². The van der Waals surface area contributed by atoms with Crippen LogP contribution in [0.5, 0.6) is 23.0 Å². The fourth-order valence-corrected chi connectivity index (χ4v) is 6.28. The molecule has 0 saturated carbocycles. The van der Waals surface area contributed by atoms with Crippen molar-refractivity contribution in [3.8, 4) is 23.0 Å². The lowest BCUT2D eigenvalue weighted by atomic mass is 10.1. The number of rotatable bonds is 3. The Hall–Kier alpha value is -5.81. The van der Waals surface area contributed by atoms with Gasteiger partial charge in [0.1, 0.15) is 17.5 Å². The van der Waals surface area contributed by atoms with Crippen LogP contribution in [0.4, 0.5) is 0 Å². The number of ether oxygens (including phenoxy) is 2. The Bertz CT molecular complexity index is 2270. The second-order valence-corrected chi connectivity index (χ2v) is 10.8. The van der Waals surface area contributed by atoms with Gasteiger partial charge in [-0.25, -0.2) is 0 Å². The first-order valence-corrected chi connectivity index (χ1v) is 14.4. The molecule has 1 aromatic heterocycles. The van der Waals surface area contributed by atoms with Crippen molar-refractivity contribution in [3.05, 3.63) is 151 Å². The third kappa shape index (κ3) is 3.75. The van der Waals surface area contributed by atoms with Crippen LogP contribution in [0, 0.1) is 0 Å². The molecule has 0 radical (unpaired) electrons. The number of fused-ring (bicyclic) bond motifs is 8. The zero-order chi connectivity index (χ0) is 28.3. The summed E-state index contributed by atoms with van der Waals surface area (Å²) in [5, 5.41) is 8.09. The Kier molecular flexibility index (Phi) is 5.19. The van der Waals surface area contributed by atoms with Crippen molar-refractivity contribution >= 4 is 44.1 Å². The van der Waals surface area contributed by atoms with Crippen LogP contribution in [0.3, 0.4) is 0 Å². The molecule has 2 aliphatic rings. The quantitative estimate of drug-likeness (QED) is 0.236. The van der Waals surface area contributed by atoms with E-state index in [1.54, 1.807) is 0 Å². The Labute approximate surface area is 247 Å². The molecule has 5 nitrogen and oxygen atoms in total. The summed E-state index contributed by atoms with van der Waals surface area (Å²) in [6, 6.07) is 45.6. The average Bonchev–Trinajstić information content (AvgIpc) is 3.43. The highest BCUT2D eigenvalue weighted by molar-refractivity contribution is 6.16. The summed E-state index contributed by atoms with van der Waals surface area (Å²) in [4.78, 5) is 5.15. The first-order chi connectivity index (χ1) is 21.3. The van der Waals surface area contributed by atoms with E-state index in [0.717, 1.165) is 61.0 Å². The van der Waals surface area contributed by atoms with Gasteiger partial charge < -0.3 is 14.8 Å². The minimum atomic E-state index is -0.269. The molecule has 9 rings (SSSR count). The largest absolute Gasteiger partial charge is 0.449 e. The Morgan fingerprint density at radius 1 is 0.581 bits per heavy atom. The minimum Gasteiger partial charge on any atom is -0.449 e. The van der Waals surface area contributed by atoms with Crippen molar-refractivity contribution in [2.75, 3.05) is 0 Å². The SMILES string of the molecule is C1=C(n2c3ccccc3c3ccc4c(c32)Oc2c(ccc3ccccc23)O4)NC(c2ccccc2)N=C1c1ccccc1. The summed E-state index contributed by atoms with van der Waals surface area (Å²) in [6.07, 6.45) is 1.86. The third-order valence-corrected chi connectivity index (χ3v) is 8.27. The van der Waals surface area contributed by atoms with Crippen molar-refractivity contribution in [1.82, 2.24) is 9.88 Å². The van der Waals surface area contributed by atoms with Crippen molar-refractivity contribution in [1.29, 1.82) is 0 Å². The highest BCUT2D eigenvalue weighted by atomic mass is 16.6.